The van der Waals surface area contributed by atoms with E-state index in [1.807, 2.05) is 0 Å². The molecule has 0 aromatic heterocycles. The van der Waals surface area contributed by atoms with Crippen molar-refractivity contribution in [1.82, 2.24) is 4.31 Å². The molecule has 1 N–H and O–H groups in total. The first kappa shape index (κ1) is 21.9. The fourth-order valence-electron chi connectivity index (χ4n) is 3.50. The first-order valence-corrected chi connectivity index (χ1v) is 12.9. The molecule has 2 aliphatic heterocycles. The van der Waals surface area contributed by atoms with Crippen LogP contribution < -0.4 is 14.2 Å². The third-order valence-corrected chi connectivity index (χ3v) is 8.33. The summed E-state index contributed by atoms with van der Waals surface area (Å²) >= 11 is 0. The number of ether oxygens (including phenoxy) is 3. The maximum Gasteiger partial charge on any atom is 0.262 e. The van der Waals surface area contributed by atoms with Crippen molar-refractivity contribution in [2.75, 3.05) is 44.2 Å². The standard InChI is InChI=1S/C20H24N2O7S2/c1-2-28-20-6-4-17(31(25,26)22-8-11-27-12-9-22)14-18(20)21-30(23,24)16-3-5-19-15(13-16)7-10-29-19/h3-6,13-14,21H,2,7-12H2,1H3. The van der Waals surface area contributed by atoms with Crippen LogP contribution in [-0.4, -0.2) is 60.7 Å². The van der Waals surface area contributed by atoms with E-state index in [1.165, 1.54) is 28.6 Å². The molecule has 0 unspecified atom stereocenters. The molecule has 0 amide bonds. The van der Waals surface area contributed by atoms with Crippen LogP contribution in [0, 0.1) is 0 Å². The van der Waals surface area contributed by atoms with Crippen molar-refractivity contribution in [2.24, 2.45) is 0 Å². The van der Waals surface area contributed by atoms with Gasteiger partial charge in [0.25, 0.3) is 10.0 Å². The molecule has 2 heterocycles. The van der Waals surface area contributed by atoms with Gasteiger partial charge in [-0.15, -0.1) is 0 Å². The monoisotopic (exact) mass is 468 g/mol. The number of rotatable bonds is 7. The summed E-state index contributed by atoms with van der Waals surface area (Å²) in [7, 11) is -7.77. The molecule has 4 rings (SSSR count). The lowest BCUT2D eigenvalue weighted by atomic mass is 10.2. The van der Waals surface area contributed by atoms with E-state index >= 15 is 0 Å². The van der Waals surface area contributed by atoms with Crippen LogP contribution in [0.2, 0.25) is 0 Å². The van der Waals surface area contributed by atoms with E-state index in [4.69, 9.17) is 14.2 Å². The van der Waals surface area contributed by atoms with Crippen LogP contribution in [0.3, 0.4) is 0 Å². The van der Waals surface area contributed by atoms with Crippen molar-refractivity contribution < 1.29 is 31.0 Å². The predicted molar refractivity (Wildman–Crippen MR) is 114 cm³/mol. The zero-order chi connectivity index (χ0) is 22.1. The van der Waals surface area contributed by atoms with Gasteiger partial charge in [0.2, 0.25) is 10.0 Å². The normalized spacial score (nSPS) is 17.1. The minimum Gasteiger partial charge on any atom is -0.493 e. The number of hydrogen-bond donors (Lipinski definition) is 1. The molecule has 1 saturated heterocycles. The average Bonchev–Trinajstić information content (AvgIpc) is 3.23. The number of benzene rings is 2. The molecule has 168 valence electrons. The summed E-state index contributed by atoms with van der Waals surface area (Å²) in [6, 6.07) is 8.83. The fourth-order valence-corrected chi connectivity index (χ4v) is 6.05. The largest absolute Gasteiger partial charge is 0.493 e. The number of hydrogen-bond acceptors (Lipinski definition) is 7. The summed E-state index contributed by atoms with van der Waals surface area (Å²) < 4.78 is 72.1. The molecule has 2 aromatic carbocycles. The predicted octanol–water partition coefficient (Wildman–Crippen LogP) is 1.84. The Kier molecular flexibility index (Phi) is 6.11. The zero-order valence-electron chi connectivity index (χ0n) is 17.0. The van der Waals surface area contributed by atoms with E-state index in [9.17, 15) is 16.8 Å². The van der Waals surface area contributed by atoms with E-state index in [1.54, 1.807) is 19.1 Å². The van der Waals surface area contributed by atoms with Gasteiger partial charge in [-0.05, 0) is 48.9 Å². The highest BCUT2D eigenvalue weighted by Crippen LogP contribution is 2.33. The lowest BCUT2D eigenvalue weighted by Crippen LogP contribution is -2.40. The van der Waals surface area contributed by atoms with E-state index in [2.05, 4.69) is 4.72 Å². The maximum absolute atomic E-state index is 13.0. The Bertz CT molecular complexity index is 1170. The Labute approximate surface area is 182 Å². The fraction of sp³-hybridized carbons (Fsp3) is 0.400. The molecule has 9 nitrogen and oxygen atoms in total. The molecule has 1 fully saturated rings. The van der Waals surface area contributed by atoms with E-state index in [-0.39, 0.29) is 34.3 Å². The number of sulfonamides is 2. The summed E-state index contributed by atoms with van der Waals surface area (Å²) in [5, 5.41) is 0. The van der Waals surface area contributed by atoms with Gasteiger partial charge < -0.3 is 14.2 Å². The van der Waals surface area contributed by atoms with Gasteiger partial charge in [0.15, 0.2) is 0 Å². The molecular formula is C20H24N2O7S2. The Morgan fingerprint density at radius 2 is 1.74 bits per heavy atom. The Balaban J connectivity index is 1.68. The van der Waals surface area contributed by atoms with Gasteiger partial charge in [0, 0.05) is 19.5 Å². The highest BCUT2D eigenvalue weighted by atomic mass is 32.2. The second-order valence-electron chi connectivity index (χ2n) is 7.08. The summed E-state index contributed by atoms with van der Waals surface area (Å²) in [4.78, 5) is 0.0542. The number of nitrogens with zero attached hydrogens (tertiary/aromatic N) is 1. The first-order valence-electron chi connectivity index (χ1n) is 9.94. The Hall–Kier alpha value is -2.34. The molecule has 0 radical (unpaired) electrons. The number of morpholine rings is 1. The summed E-state index contributed by atoms with van der Waals surface area (Å²) in [6.07, 6.45) is 0.635. The number of fused-ring (bicyclic) bond motifs is 1. The van der Waals surface area contributed by atoms with Gasteiger partial charge in [0.05, 0.1) is 41.9 Å². The van der Waals surface area contributed by atoms with Gasteiger partial charge in [-0.1, -0.05) is 0 Å². The average molecular weight is 469 g/mol. The van der Waals surface area contributed by atoms with Crippen molar-refractivity contribution in [3.8, 4) is 11.5 Å². The number of anilines is 1. The van der Waals surface area contributed by atoms with Crippen LogP contribution in [0.5, 0.6) is 11.5 Å². The Morgan fingerprint density at radius 3 is 2.48 bits per heavy atom. The third kappa shape index (κ3) is 4.49. The SMILES string of the molecule is CCOc1ccc(S(=O)(=O)N2CCOCC2)cc1NS(=O)(=O)c1ccc2c(c1)CCO2. The molecule has 2 aliphatic rings. The second kappa shape index (κ2) is 8.65. The van der Waals surface area contributed by atoms with Gasteiger partial charge in [-0.3, -0.25) is 4.72 Å². The second-order valence-corrected chi connectivity index (χ2v) is 10.7. The van der Waals surface area contributed by atoms with Crippen molar-refractivity contribution in [1.29, 1.82) is 0 Å². The molecule has 0 bridgehead atoms. The van der Waals surface area contributed by atoms with Gasteiger partial charge in [-0.25, -0.2) is 16.8 Å². The minimum absolute atomic E-state index is 0.0158. The smallest absolute Gasteiger partial charge is 0.262 e. The van der Waals surface area contributed by atoms with E-state index in [0.29, 0.717) is 38.6 Å². The molecule has 0 aliphatic carbocycles. The van der Waals surface area contributed by atoms with Crippen LogP contribution in [0.1, 0.15) is 12.5 Å². The van der Waals surface area contributed by atoms with Crippen molar-refractivity contribution in [3.05, 3.63) is 42.0 Å². The highest BCUT2D eigenvalue weighted by Gasteiger charge is 2.28. The maximum atomic E-state index is 13.0. The third-order valence-electron chi connectivity index (χ3n) is 5.07. The van der Waals surface area contributed by atoms with Gasteiger partial charge in [-0.2, -0.15) is 4.31 Å². The minimum atomic E-state index is -3.98. The molecule has 31 heavy (non-hydrogen) atoms. The molecular weight excluding hydrogens is 444 g/mol. The number of nitrogens with one attached hydrogen (secondary N) is 1. The Morgan fingerprint density at radius 1 is 1.00 bits per heavy atom. The summed E-state index contributed by atoms with van der Waals surface area (Å²) in [6.45, 7) is 3.69. The van der Waals surface area contributed by atoms with Gasteiger partial charge >= 0.3 is 0 Å². The summed E-state index contributed by atoms with van der Waals surface area (Å²) in [5.41, 5.74) is 0.879. The van der Waals surface area contributed by atoms with Crippen LogP contribution >= 0.6 is 0 Å². The first-order chi connectivity index (χ1) is 14.8. The molecule has 11 heteroatoms. The lowest BCUT2D eigenvalue weighted by Gasteiger charge is -2.26. The molecule has 2 aromatic rings. The lowest BCUT2D eigenvalue weighted by molar-refractivity contribution is 0.0730. The van der Waals surface area contributed by atoms with Crippen LogP contribution in [-0.2, 0) is 31.2 Å². The quantitative estimate of drug-likeness (QED) is 0.660. The summed E-state index contributed by atoms with van der Waals surface area (Å²) in [5.74, 6) is 0.920. The van der Waals surface area contributed by atoms with E-state index in [0.717, 1.165) is 5.56 Å². The zero-order valence-corrected chi connectivity index (χ0v) is 18.7. The molecule has 0 saturated carbocycles. The van der Waals surface area contributed by atoms with Crippen molar-refractivity contribution in [2.45, 2.75) is 23.1 Å². The highest BCUT2D eigenvalue weighted by molar-refractivity contribution is 7.92. The topological polar surface area (TPSA) is 111 Å². The van der Waals surface area contributed by atoms with Crippen LogP contribution in [0.25, 0.3) is 0 Å². The van der Waals surface area contributed by atoms with Crippen LogP contribution in [0.4, 0.5) is 5.69 Å². The molecule has 0 spiro atoms. The van der Waals surface area contributed by atoms with Crippen molar-refractivity contribution >= 4 is 25.7 Å². The van der Waals surface area contributed by atoms with Crippen molar-refractivity contribution in [3.63, 3.8) is 0 Å². The van der Waals surface area contributed by atoms with E-state index < -0.39 is 20.0 Å². The van der Waals surface area contributed by atoms with Crippen LogP contribution in [0.15, 0.2) is 46.2 Å². The molecule has 0 atom stereocenters. The van der Waals surface area contributed by atoms with Gasteiger partial charge in [0.1, 0.15) is 11.5 Å².